The molecule has 0 saturated heterocycles. The van der Waals surface area contributed by atoms with Crippen molar-refractivity contribution in [3.05, 3.63) is 0 Å². The van der Waals surface area contributed by atoms with Crippen molar-refractivity contribution in [2.24, 2.45) is 23.7 Å². The molecule has 0 radical (unpaired) electrons. The van der Waals surface area contributed by atoms with Gasteiger partial charge in [-0.3, -0.25) is 37.3 Å². The van der Waals surface area contributed by atoms with Gasteiger partial charge in [-0.2, -0.15) is 0 Å². The van der Waals surface area contributed by atoms with Crippen molar-refractivity contribution >= 4 is 39.5 Å². The summed E-state index contributed by atoms with van der Waals surface area (Å²) in [6.07, 6.45) is 45.7. The van der Waals surface area contributed by atoms with Crippen molar-refractivity contribution in [3.8, 4) is 0 Å². The Morgan fingerprint density at radius 1 is 0.304 bits per heavy atom. The Kier molecular flexibility index (Phi) is 61.3. The highest BCUT2D eigenvalue weighted by atomic mass is 31.2. The Hall–Kier alpha value is -1.94. The second-order valence-corrected chi connectivity index (χ2v) is 30.4. The summed E-state index contributed by atoms with van der Waals surface area (Å²) < 4.78 is 68.4. The van der Waals surface area contributed by atoms with Crippen LogP contribution in [0.3, 0.4) is 0 Å². The Balaban J connectivity index is 5.26. The summed E-state index contributed by atoms with van der Waals surface area (Å²) in [5.41, 5.74) is 0. The zero-order chi connectivity index (χ0) is 68.2. The highest BCUT2D eigenvalue weighted by molar-refractivity contribution is 7.47. The summed E-state index contributed by atoms with van der Waals surface area (Å²) >= 11 is 0. The minimum absolute atomic E-state index is 0.105. The van der Waals surface area contributed by atoms with E-state index in [0.29, 0.717) is 25.7 Å². The van der Waals surface area contributed by atoms with E-state index >= 15 is 0 Å². The van der Waals surface area contributed by atoms with E-state index in [2.05, 4.69) is 55.4 Å². The van der Waals surface area contributed by atoms with Gasteiger partial charge < -0.3 is 33.8 Å². The fourth-order valence-electron chi connectivity index (χ4n) is 10.9. The van der Waals surface area contributed by atoms with E-state index in [1.807, 2.05) is 0 Å². The third-order valence-electron chi connectivity index (χ3n) is 17.9. The predicted octanol–water partition coefficient (Wildman–Crippen LogP) is 20.9. The Labute approximate surface area is 562 Å². The minimum atomic E-state index is -4.96. The van der Waals surface area contributed by atoms with Gasteiger partial charge >= 0.3 is 39.5 Å². The number of phosphoric ester groups is 2. The molecule has 19 heteroatoms. The Bertz CT molecular complexity index is 1820. The lowest BCUT2D eigenvalue weighted by Gasteiger charge is -2.21. The molecule has 0 aliphatic carbocycles. The first-order chi connectivity index (χ1) is 44.2. The van der Waals surface area contributed by atoms with Crippen LogP contribution in [0.4, 0.5) is 0 Å². The number of rotatable bonds is 70. The van der Waals surface area contributed by atoms with Crippen molar-refractivity contribution in [1.29, 1.82) is 0 Å². The van der Waals surface area contributed by atoms with E-state index in [0.717, 1.165) is 120 Å². The van der Waals surface area contributed by atoms with Crippen molar-refractivity contribution < 1.29 is 80.2 Å². The summed E-state index contributed by atoms with van der Waals surface area (Å²) in [6, 6.07) is 0. The van der Waals surface area contributed by atoms with Gasteiger partial charge in [-0.15, -0.1) is 0 Å². The van der Waals surface area contributed by atoms with Crippen LogP contribution in [0.25, 0.3) is 0 Å². The molecule has 0 amide bonds. The van der Waals surface area contributed by atoms with Gasteiger partial charge in [0.25, 0.3) is 0 Å². The van der Waals surface area contributed by atoms with Crippen LogP contribution in [0.15, 0.2) is 0 Å². The van der Waals surface area contributed by atoms with E-state index in [1.165, 1.54) is 161 Å². The van der Waals surface area contributed by atoms with E-state index in [1.54, 1.807) is 0 Å². The van der Waals surface area contributed by atoms with Crippen LogP contribution < -0.4 is 0 Å². The van der Waals surface area contributed by atoms with Crippen LogP contribution in [0.1, 0.15) is 364 Å². The molecule has 0 aliphatic rings. The molecule has 0 saturated carbocycles. The second kappa shape index (κ2) is 62.6. The zero-order valence-corrected chi connectivity index (χ0v) is 62.0. The first kappa shape index (κ1) is 90.1. The summed E-state index contributed by atoms with van der Waals surface area (Å²) in [7, 11) is -9.91. The van der Waals surface area contributed by atoms with Gasteiger partial charge in [0.15, 0.2) is 12.2 Å². The Morgan fingerprint density at radius 3 is 0.772 bits per heavy atom. The van der Waals surface area contributed by atoms with Gasteiger partial charge in [0.05, 0.1) is 26.4 Å². The van der Waals surface area contributed by atoms with E-state index in [9.17, 15) is 43.2 Å². The quantitative estimate of drug-likeness (QED) is 0.0222. The van der Waals surface area contributed by atoms with Crippen molar-refractivity contribution in [2.45, 2.75) is 382 Å². The van der Waals surface area contributed by atoms with Crippen LogP contribution in [0.2, 0.25) is 0 Å². The van der Waals surface area contributed by atoms with Crippen LogP contribution in [-0.2, 0) is 65.4 Å². The van der Waals surface area contributed by atoms with Gasteiger partial charge in [0.1, 0.15) is 19.3 Å². The highest BCUT2D eigenvalue weighted by Crippen LogP contribution is 2.45. The molecule has 8 atom stereocenters. The van der Waals surface area contributed by atoms with Gasteiger partial charge in [0, 0.05) is 25.7 Å². The Morgan fingerprint density at radius 2 is 0.522 bits per heavy atom. The third kappa shape index (κ3) is 62.8. The number of ether oxygens (including phenoxy) is 4. The lowest BCUT2D eigenvalue weighted by atomic mass is 9.99. The zero-order valence-electron chi connectivity index (χ0n) is 60.2. The highest BCUT2D eigenvalue weighted by Gasteiger charge is 2.30. The first-order valence-corrected chi connectivity index (χ1v) is 40.8. The van der Waals surface area contributed by atoms with E-state index in [4.69, 9.17) is 37.0 Å². The van der Waals surface area contributed by atoms with Crippen molar-refractivity contribution in [2.75, 3.05) is 39.6 Å². The molecule has 0 fully saturated rings. The number of aliphatic hydroxyl groups excluding tert-OH is 1. The summed E-state index contributed by atoms with van der Waals surface area (Å²) in [5, 5.41) is 10.6. The second-order valence-electron chi connectivity index (χ2n) is 27.5. The molecule has 0 heterocycles. The molecule has 3 N–H and O–H groups in total. The number of unbranched alkanes of at least 4 members (excludes halogenated alkanes) is 33. The first-order valence-electron chi connectivity index (χ1n) is 37.8. The van der Waals surface area contributed by atoms with Crippen molar-refractivity contribution in [3.63, 3.8) is 0 Å². The maximum absolute atomic E-state index is 13.0. The molecule has 0 aliphatic heterocycles. The van der Waals surface area contributed by atoms with Gasteiger partial charge in [-0.25, -0.2) is 9.13 Å². The average molecular weight is 1350 g/mol. The van der Waals surface area contributed by atoms with Crippen LogP contribution in [0, 0.1) is 23.7 Å². The fourth-order valence-corrected chi connectivity index (χ4v) is 12.5. The standard InChI is InChI=1S/C73H142O17P2/c1-9-64(6)50-42-34-26-20-17-18-22-29-39-47-55-72(77)89-69(60-84-71(76)54-46-38-32-31-36-44-52-66(8)11-3)62-88-92(81,82)86-58-67(74)57-85-91(79,80)87-61-68(90-73(78)56-48-40-30-24-23-27-35-43-51-65(7)10-2)59-83-70(75)53-45-37-28-21-16-14-12-13-15-19-25-33-41-49-63(4)5/h63-69,74H,9-62H2,1-8H3,(H,79,80)(H,81,82)/t64?,65?,66?,67-,68-,69-/m1/s1. The molecule has 0 spiro atoms. The number of carbonyl (C=O) groups is 4. The molecule has 17 nitrogen and oxygen atoms in total. The number of aliphatic hydroxyl groups is 1. The predicted molar refractivity (Wildman–Crippen MR) is 372 cm³/mol. The largest absolute Gasteiger partial charge is 0.472 e. The van der Waals surface area contributed by atoms with Gasteiger partial charge in [-0.1, -0.05) is 312 Å². The molecule has 0 aromatic heterocycles. The fraction of sp³-hybridized carbons (Fsp3) is 0.945. The molecule has 546 valence electrons. The lowest BCUT2D eigenvalue weighted by molar-refractivity contribution is -0.161. The summed E-state index contributed by atoms with van der Waals surface area (Å²) in [5.74, 6) is 0.968. The smallest absolute Gasteiger partial charge is 0.462 e. The number of hydrogen-bond acceptors (Lipinski definition) is 15. The maximum Gasteiger partial charge on any atom is 0.472 e. The van der Waals surface area contributed by atoms with E-state index in [-0.39, 0.29) is 25.7 Å². The number of phosphoric acid groups is 2. The molecule has 0 aromatic carbocycles. The van der Waals surface area contributed by atoms with Crippen molar-refractivity contribution in [1.82, 2.24) is 0 Å². The normalized spacial score (nSPS) is 15.1. The molecule has 0 aromatic rings. The number of esters is 4. The SMILES string of the molecule is CCC(C)CCCCCCCCCCCCC(=O)O[C@H](COC(=O)CCCCCCCCC(C)CC)COP(=O)(O)OC[C@H](O)COP(=O)(O)OC[C@@H](COC(=O)CCCCCCCCCCCCCCCC(C)C)OC(=O)CCCCCCCCCCC(C)CC. The topological polar surface area (TPSA) is 237 Å². The van der Waals surface area contributed by atoms with Gasteiger partial charge in [-0.05, 0) is 49.4 Å². The summed E-state index contributed by atoms with van der Waals surface area (Å²) in [6.45, 7) is 14.2. The molecule has 0 bridgehead atoms. The van der Waals surface area contributed by atoms with Gasteiger partial charge in [0.2, 0.25) is 0 Å². The number of hydrogen-bond donors (Lipinski definition) is 3. The lowest BCUT2D eigenvalue weighted by Crippen LogP contribution is -2.30. The molecule has 5 unspecified atom stereocenters. The van der Waals surface area contributed by atoms with Crippen LogP contribution >= 0.6 is 15.6 Å². The minimum Gasteiger partial charge on any atom is -0.462 e. The monoisotopic (exact) mass is 1350 g/mol. The summed E-state index contributed by atoms with van der Waals surface area (Å²) in [4.78, 5) is 72.7. The van der Waals surface area contributed by atoms with E-state index < -0.39 is 97.5 Å². The number of carbonyl (C=O) groups excluding carboxylic acids is 4. The molecule has 0 rings (SSSR count). The maximum atomic E-state index is 13.0. The average Bonchev–Trinajstić information content (AvgIpc) is 3.61. The van der Waals surface area contributed by atoms with Crippen LogP contribution in [0.5, 0.6) is 0 Å². The van der Waals surface area contributed by atoms with Crippen LogP contribution in [-0.4, -0.2) is 96.7 Å². The third-order valence-corrected chi connectivity index (χ3v) is 19.8. The molecular formula is C73H142O17P2. The molecular weight excluding hydrogens is 1210 g/mol. The molecule has 92 heavy (non-hydrogen) atoms.